The van der Waals surface area contributed by atoms with Crippen LogP contribution < -0.4 is 5.32 Å². The van der Waals surface area contributed by atoms with E-state index in [2.05, 4.69) is 10.4 Å². The van der Waals surface area contributed by atoms with Crippen molar-refractivity contribution in [3.63, 3.8) is 0 Å². The van der Waals surface area contributed by atoms with Crippen LogP contribution in [-0.2, 0) is 35.7 Å². The number of aromatic nitrogens is 2. The maximum Gasteiger partial charge on any atom is 0.246 e. The minimum Gasteiger partial charge on any atom is -0.390 e. The molecule has 3 saturated heterocycles. The van der Waals surface area contributed by atoms with Crippen molar-refractivity contribution >= 4 is 11.8 Å². The van der Waals surface area contributed by atoms with E-state index in [1.54, 1.807) is 0 Å². The topological polar surface area (TPSA) is 90.7 Å². The number of aryl methyl sites for hydroxylation is 1. The van der Waals surface area contributed by atoms with Gasteiger partial charge in [-0.3, -0.25) is 14.3 Å². The van der Waals surface area contributed by atoms with Gasteiger partial charge in [0.15, 0.2) is 0 Å². The van der Waals surface area contributed by atoms with Crippen LogP contribution in [0.25, 0.3) is 0 Å². The van der Waals surface area contributed by atoms with E-state index in [0.29, 0.717) is 31.1 Å². The Morgan fingerprint density at radius 1 is 1.28 bits per heavy atom. The van der Waals surface area contributed by atoms with Crippen LogP contribution in [0, 0.1) is 11.8 Å². The number of fused-ring (bicyclic) bond motifs is 5. The van der Waals surface area contributed by atoms with Gasteiger partial charge >= 0.3 is 0 Å². The van der Waals surface area contributed by atoms with Crippen LogP contribution in [0.15, 0.2) is 0 Å². The second kappa shape index (κ2) is 7.40. The summed E-state index contributed by atoms with van der Waals surface area (Å²) in [5, 5.41) is 17.8. The maximum atomic E-state index is 13.8. The van der Waals surface area contributed by atoms with E-state index in [4.69, 9.17) is 0 Å². The molecule has 4 aliphatic heterocycles. The molecule has 5 heterocycles. The highest BCUT2D eigenvalue weighted by atomic mass is 16.3. The molecule has 4 atom stereocenters. The molecule has 0 aromatic carbocycles. The average Bonchev–Trinajstić information content (AvgIpc) is 3.12. The number of hydrogen-bond acceptors (Lipinski definition) is 5. The largest absolute Gasteiger partial charge is 0.390 e. The van der Waals surface area contributed by atoms with Gasteiger partial charge in [0.25, 0.3) is 0 Å². The minimum absolute atomic E-state index is 0.0798. The zero-order chi connectivity index (χ0) is 20.1. The highest BCUT2D eigenvalue weighted by Crippen LogP contribution is 2.40. The third-order valence-electron chi connectivity index (χ3n) is 7.48. The second-order valence-electron chi connectivity index (χ2n) is 8.98. The Morgan fingerprint density at radius 3 is 2.90 bits per heavy atom. The molecule has 0 spiro atoms. The summed E-state index contributed by atoms with van der Waals surface area (Å²) < 4.78 is 1.95. The fourth-order valence-electron chi connectivity index (χ4n) is 6.16. The van der Waals surface area contributed by atoms with Crippen molar-refractivity contribution in [3.05, 3.63) is 17.0 Å². The predicted molar refractivity (Wildman–Crippen MR) is 106 cm³/mol. The molecule has 4 aliphatic rings. The molecular formula is C21H31N5O3. The Labute approximate surface area is 171 Å². The molecule has 2 amide bonds. The number of hydrogen-bond donors (Lipinski definition) is 2. The summed E-state index contributed by atoms with van der Waals surface area (Å²) in [6.45, 7) is 5.58. The van der Waals surface area contributed by atoms with Crippen LogP contribution >= 0.6 is 0 Å². The number of rotatable bonds is 3. The molecule has 3 fully saturated rings. The smallest absolute Gasteiger partial charge is 0.246 e. The van der Waals surface area contributed by atoms with Crippen LogP contribution in [0.5, 0.6) is 0 Å². The van der Waals surface area contributed by atoms with E-state index < -0.39 is 0 Å². The first kappa shape index (κ1) is 19.1. The quantitative estimate of drug-likeness (QED) is 0.759. The SMILES string of the molecule is CCn1nc(CO)c2c1CCN(C(=O)[C@H]1[C@@H]3CNC[C@@H](C3)[C@@H]3CCCC(=O)N31)C2. The van der Waals surface area contributed by atoms with E-state index in [1.165, 1.54) is 0 Å². The zero-order valence-corrected chi connectivity index (χ0v) is 17.1. The number of carbonyl (C=O) groups is 2. The predicted octanol–water partition coefficient (Wildman–Crippen LogP) is 0.269. The highest BCUT2D eigenvalue weighted by molar-refractivity contribution is 5.89. The van der Waals surface area contributed by atoms with Gasteiger partial charge in [-0.05, 0) is 38.6 Å². The van der Waals surface area contributed by atoms with Gasteiger partial charge in [0, 0.05) is 62.2 Å². The van der Waals surface area contributed by atoms with E-state index >= 15 is 0 Å². The fraction of sp³-hybridized carbons (Fsp3) is 0.762. The Hall–Kier alpha value is -1.93. The summed E-state index contributed by atoms with van der Waals surface area (Å²) in [4.78, 5) is 30.5. The van der Waals surface area contributed by atoms with Gasteiger partial charge in [-0.2, -0.15) is 5.10 Å². The van der Waals surface area contributed by atoms with Crippen LogP contribution in [0.3, 0.4) is 0 Å². The van der Waals surface area contributed by atoms with Crippen LogP contribution in [0.2, 0.25) is 0 Å². The summed E-state index contributed by atoms with van der Waals surface area (Å²) >= 11 is 0. The van der Waals surface area contributed by atoms with Gasteiger partial charge < -0.3 is 20.2 Å². The van der Waals surface area contributed by atoms with Crippen molar-refractivity contribution in [2.75, 3.05) is 19.6 Å². The Morgan fingerprint density at radius 2 is 2.10 bits per heavy atom. The molecule has 29 heavy (non-hydrogen) atoms. The van der Waals surface area contributed by atoms with Gasteiger partial charge in [-0.25, -0.2) is 0 Å². The Balaban J connectivity index is 1.43. The summed E-state index contributed by atoms with van der Waals surface area (Å²) in [5.41, 5.74) is 2.80. The molecule has 2 N–H and O–H groups in total. The molecule has 2 bridgehead atoms. The van der Waals surface area contributed by atoms with E-state index in [-0.39, 0.29) is 36.4 Å². The first-order valence-electron chi connectivity index (χ1n) is 11.1. The van der Waals surface area contributed by atoms with E-state index in [0.717, 1.165) is 56.6 Å². The van der Waals surface area contributed by atoms with Gasteiger partial charge in [0.2, 0.25) is 11.8 Å². The number of carbonyl (C=O) groups excluding carboxylic acids is 2. The Bertz CT molecular complexity index is 821. The lowest BCUT2D eigenvalue weighted by molar-refractivity contribution is -0.162. The van der Waals surface area contributed by atoms with Crippen molar-refractivity contribution in [1.82, 2.24) is 24.9 Å². The van der Waals surface area contributed by atoms with Crippen LogP contribution in [-0.4, -0.2) is 68.2 Å². The lowest BCUT2D eigenvalue weighted by Gasteiger charge is -2.54. The lowest BCUT2D eigenvalue weighted by Crippen LogP contribution is -2.68. The molecule has 5 rings (SSSR count). The zero-order valence-electron chi connectivity index (χ0n) is 17.1. The van der Waals surface area contributed by atoms with Crippen LogP contribution in [0.4, 0.5) is 0 Å². The van der Waals surface area contributed by atoms with Crippen molar-refractivity contribution < 1.29 is 14.7 Å². The molecule has 0 aliphatic carbocycles. The molecule has 158 valence electrons. The van der Waals surface area contributed by atoms with Crippen molar-refractivity contribution in [2.24, 2.45) is 11.8 Å². The van der Waals surface area contributed by atoms with Gasteiger partial charge in [0.1, 0.15) is 6.04 Å². The van der Waals surface area contributed by atoms with Gasteiger partial charge in [-0.15, -0.1) is 0 Å². The van der Waals surface area contributed by atoms with Crippen molar-refractivity contribution in [2.45, 2.75) is 70.8 Å². The molecule has 0 radical (unpaired) electrons. The normalized spacial score (nSPS) is 31.4. The van der Waals surface area contributed by atoms with E-state index in [9.17, 15) is 14.7 Å². The third-order valence-corrected chi connectivity index (χ3v) is 7.48. The number of piperidine rings is 3. The second-order valence-corrected chi connectivity index (χ2v) is 8.98. The number of nitrogens with zero attached hydrogens (tertiary/aromatic N) is 4. The maximum absolute atomic E-state index is 13.8. The monoisotopic (exact) mass is 401 g/mol. The number of nitrogens with one attached hydrogen (secondary N) is 1. The molecule has 8 heteroatoms. The molecule has 8 nitrogen and oxygen atoms in total. The molecule has 0 saturated carbocycles. The summed E-state index contributed by atoms with van der Waals surface area (Å²) in [7, 11) is 0. The molecule has 0 unspecified atom stereocenters. The molecule has 1 aromatic rings. The third kappa shape index (κ3) is 2.99. The molecule has 1 aromatic heterocycles. The van der Waals surface area contributed by atoms with E-state index in [1.807, 2.05) is 21.4 Å². The number of aliphatic hydroxyl groups is 1. The first-order valence-corrected chi connectivity index (χ1v) is 11.1. The van der Waals surface area contributed by atoms with Crippen molar-refractivity contribution in [1.29, 1.82) is 0 Å². The van der Waals surface area contributed by atoms with Gasteiger partial charge in [-0.1, -0.05) is 0 Å². The Kier molecular flexibility index (Phi) is 4.86. The number of amides is 2. The van der Waals surface area contributed by atoms with Crippen LogP contribution in [0.1, 0.15) is 49.6 Å². The fourth-order valence-corrected chi connectivity index (χ4v) is 6.16. The van der Waals surface area contributed by atoms with Gasteiger partial charge in [0.05, 0.1) is 12.3 Å². The first-order chi connectivity index (χ1) is 14.1. The number of aliphatic hydroxyl groups excluding tert-OH is 1. The average molecular weight is 402 g/mol. The molecular weight excluding hydrogens is 370 g/mol. The summed E-state index contributed by atoms with van der Waals surface area (Å²) in [6, 6.07) is -0.150. The lowest BCUT2D eigenvalue weighted by atomic mass is 9.72. The highest BCUT2D eigenvalue weighted by Gasteiger charge is 2.51. The minimum atomic E-state index is -0.350. The van der Waals surface area contributed by atoms with Crippen molar-refractivity contribution in [3.8, 4) is 0 Å². The summed E-state index contributed by atoms with van der Waals surface area (Å²) in [5.74, 6) is 0.898. The summed E-state index contributed by atoms with van der Waals surface area (Å²) in [6.07, 6.45) is 4.29. The standard InChI is InChI=1S/C21H31N5O3/c1-2-25-18-6-7-24(11-15(18)16(12-27)23-25)21(29)20-14-8-13(9-22-10-14)17-4-3-5-19(28)26(17)20/h13-14,17,20,22,27H,2-12H2,1H3/t13-,14+,17+,20-/m1/s1.